The van der Waals surface area contributed by atoms with Crippen LogP contribution in [0.25, 0.3) is 5.70 Å². The molecule has 0 saturated carbocycles. The second kappa shape index (κ2) is 5.38. The first kappa shape index (κ1) is 13.7. The molecule has 0 atom stereocenters. The lowest BCUT2D eigenvalue weighted by Gasteiger charge is -2.31. The van der Waals surface area contributed by atoms with E-state index >= 15 is 0 Å². The molecule has 1 amide bonds. The van der Waals surface area contributed by atoms with Crippen LogP contribution in [-0.4, -0.2) is 29.6 Å². The molecular formula is C17H13ClN2OS. The van der Waals surface area contributed by atoms with E-state index in [4.69, 9.17) is 11.6 Å². The SMILES string of the molecule is O=C1CN=C(c2cccs2)C=C2c3cccc(Cl)c3CCN12. The van der Waals surface area contributed by atoms with E-state index in [2.05, 4.69) is 4.99 Å². The average molecular weight is 329 g/mol. The van der Waals surface area contributed by atoms with Crippen molar-refractivity contribution in [3.8, 4) is 0 Å². The lowest BCUT2D eigenvalue weighted by atomic mass is 9.95. The van der Waals surface area contributed by atoms with Crippen molar-refractivity contribution >= 4 is 40.3 Å². The van der Waals surface area contributed by atoms with Crippen LogP contribution in [0, 0.1) is 0 Å². The molecule has 22 heavy (non-hydrogen) atoms. The van der Waals surface area contributed by atoms with Crippen LogP contribution in [-0.2, 0) is 11.2 Å². The van der Waals surface area contributed by atoms with Crippen LogP contribution in [0.2, 0.25) is 5.02 Å². The van der Waals surface area contributed by atoms with Gasteiger partial charge in [-0.1, -0.05) is 29.8 Å². The smallest absolute Gasteiger partial charge is 0.248 e. The fourth-order valence-electron chi connectivity index (χ4n) is 2.94. The number of nitrogens with zero attached hydrogens (tertiary/aromatic N) is 2. The van der Waals surface area contributed by atoms with Gasteiger partial charge in [-0.25, -0.2) is 0 Å². The highest BCUT2D eigenvalue weighted by Crippen LogP contribution is 2.34. The summed E-state index contributed by atoms with van der Waals surface area (Å²) in [4.78, 5) is 19.8. The van der Waals surface area contributed by atoms with Crippen LogP contribution in [0.15, 0.2) is 46.8 Å². The van der Waals surface area contributed by atoms with Crippen molar-refractivity contribution in [1.29, 1.82) is 0 Å². The van der Waals surface area contributed by atoms with Crippen LogP contribution in [0.3, 0.4) is 0 Å². The van der Waals surface area contributed by atoms with Gasteiger partial charge in [0.2, 0.25) is 5.91 Å². The Balaban J connectivity index is 1.89. The predicted molar refractivity (Wildman–Crippen MR) is 90.6 cm³/mol. The summed E-state index contributed by atoms with van der Waals surface area (Å²) in [5, 5.41) is 2.79. The second-order valence-corrected chi connectivity index (χ2v) is 6.62. The summed E-state index contributed by atoms with van der Waals surface area (Å²) in [6.07, 6.45) is 2.80. The van der Waals surface area contributed by atoms with Crippen molar-refractivity contribution < 1.29 is 4.79 Å². The van der Waals surface area contributed by atoms with Crippen LogP contribution in [0.1, 0.15) is 16.0 Å². The molecule has 0 radical (unpaired) electrons. The number of carbonyl (C=O) groups excluding carboxylic acids is 1. The molecular weight excluding hydrogens is 316 g/mol. The quantitative estimate of drug-likeness (QED) is 0.786. The van der Waals surface area contributed by atoms with E-state index in [0.717, 1.165) is 38.9 Å². The Morgan fingerprint density at radius 1 is 1.23 bits per heavy atom. The third kappa shape index (κ3) is 2.19. The molecule has 2 aliphatic heterocycles. The van der Waals surface area contributed by atoms with Gasteiger partial charge in [-0.15, -0.1) is 11.3 Å². The summed E-state index contributed by atoms with van der Waals surface area (Å²) in [6.45, 7) is 0.859. The van der Waals surface area contributed by atoms with E-state index in [1.54, 1.807) is 11.3 Å². The lowest BCUT2D eigenvalue weighted by molar-refractivity contribution is -0.126. The topological polar surface area (TPSA) is 32.7 Å². The normalized spacial score (nSPS) is 17.3. The molecule has 4 rings (SSSR count). The molecule has 0 unspecified atom stereocenters. The number of hydrogen-bond donors (Lipinski definition) is 0. The maximum Gasteiger partial charge on any atom is 0.248 e. The molecule has 2 aromatic rings. The number of benzene rings is 1. The van der Waals surface area contributed by atoms with Crippen LogP contribution in [0.5, 0.6) is 0 Å². The van der Waals surface area contributed by atoms with Gasteiger partial charge < -0.3 is 4.90 Å². The Labute approximate surface area is 137 Å². The molecule has 2 aliphatic rings. The van der Waals surface area contributed by atoms with Crippen molar-refractivity contribution in [2.45, 2.75) is 6.42 Å². The molecule has 0 aliphatic carbocycles. The van der Waals surface area contributed by atoms with E-state index < -0.39 is 0 Å². The van der Waals surface area contributed by atoms with Crippen LogP contribution < -0.4 is 0 Å². The highest BCUT2D eigenvalue weighted by atomic mass is 35.5. The predicted octanol–water partition coefficient (Wildman–Crippen LogP) is 3.63. The minimum atomic E-state index is 0.0448. The fraction of sp³-hybridized carbons (Fsp3) is 0.176. The molecule has 0 fully saturated rings. The van der Waals surface area contributed by atoms with Gasteiger partial charge in [0.15, 0.2) is 0 Å². The summed E-state index contributed by atoms with van der Waals surface area (Å²) in [7, 11) is 0. The van der Waals surface area contributed by atoms with Gasteiger partial charge in [-0.05, 0) is 35.6 Å². The van der Waals surface area contributed by atoms with E-state index in [1.807, 2.05) is 46.7 Å². The largest absolute Gasteiger partial charge is 0.310 e. The lowest BCUT2D eigenvalue weighted by Crippen LogP contribution is -2.35. The minimum Gasteiger partial charge on any atom is -0.310 e. The molecule has 1 aromatic heterocycles. The first-order chi connectivity index (χ1) is 10.7. The number of thiophene rings is 1. The molecule has 0 bridgehead atoms. The Morgan fingerprint density at radius 3 is 2.95 bits per heavy atom. The van der Waals surface area contributed by atoms with Crippen molar-refractivity contribution in [2.75, 3.05) is 13.1 Å². The summed E-state index contributed by atoms with van der Waals surface area (Å²) in [6, 6.07) is 9.90. The number of allylic oxidation sites excluding steroid dienone is 1. The minimum absolute atomic E-state index is 0.0448. The first-order valence-electron chi connectivity index (χ1n) is 7.12. The first-order valence-corrected chi connectivity index (χ1v) is 8.38. The summed E-state index contributed by atoms with van der Waals surface area (Å²) >= 11 is 7.96. The second-order valence-electron chi connectivity index (χ2n) is 5.27. The number of carbonyl (C=O) groups is 1. The third-order valence-electron chi connectivity index (χ3n) is 4.00. The van der Waals surface area contributed by atoms with Crippen molar-refractivity contribution in [1.82, 2.24) is 4.90 Å². The van der Waals surface area contributed by atoms with E-state index in [-0.39, 0.29) is 12.5 Å². The Morgan fingerprint density at radius 2 is 2.14 bits per heavy atom. The maximum atomic E-state index is 12.4. The van der Waals surface area contributed by atoms with Gasteiger partial charge in [0, 0.05) is 17.1 Å². The summed E-state index contributed by atoms with van der Waals surface area (Å²) < 4.78 is 0. The summed E-state index contributed by atoms with van der Waals surface area (Å²) in [5.74, 6) is 0.0448. The number of rotatable bonds is 1. The monoisotopic (exact) mass is 328 g/mol. The van der Waals surface area contributed by atoms with Gasteiger partial charge in [-0.2, -0.15) is 0 Å². The van der Waals surface area contributed by atoms with E-state index in [0.29, 0.717) is 6.54 Å². The number of fused-ring (bicyclic) bond motifs is 3. The molecule has 3 heterocycles. The van der Waals surface area contributed by atoms with Gasteiger partial charge in [-0.3, -0.25) is 9.79 Å². The Kier molecular flexibility index (Phi) is 3.36. The zero-order valence-electron chi connectivity index (χ0n) is 11.8. The Hall–Kier alpha value is -1.91. The van der Waals surface area contributed by atoms with Gasteiger partial charge >= 0.3 is 0 Å². The molecule has 0 saturated heterocycles. The zero-order chi connectivity index (χ0) is 15.1. The molecule has 1 aromatic carbocycles. The number of amides is 1. The zero-order valence-corrected chi connectivity index (χ0v) is 13.3. The van der Waals surface area contributed by atoms with Gasteiger partial charge in [0.05, 0.1) is 16.3 Å². The highest BCUT2D eigenvalue weighted by Gasteiger charge is 2.29. The third-order valence-corrected chi connectivity index (χ3v) is 5.25. The van der Waals surface area contributed by atoms with Crippen molar-refractivity contribution in [3.63, 3.8) is 0 Å². The molecule has 3 nitrogen and oxygen atoms in total. The Bertz CT molecular complexity index is 808. The van der Waals surface area contributed by atoms with Crippen molar-refractivity contribution in [2.24, 2.45) is 4.99 Å². The molecule has 0 N–H and O–H groups in total. The van der Waals surface area contributed by atoms with E-state index in [9.17, 15) is 4.79 Å². The molecule has 5 heteroatoms. The van der Waals surface area contributed by atoms with Crippen LogP contribution in [0.4, 0.5) is 0 Å². The van der Waals surface area contributed by atoms with Crippen LogP contribution >= 0.6 is 22.9 Å². The number of halogens is 1. The average Bonchev–Trinajstić information content (AvgIpc) is 3.00. The van der Waals surface area contributed by atoms with Gasteiger partial charge in [0.25, 0.3) is 0 Å². The van der Waals surface area contributed by atoms with Gasteiger partial charge in [0.1, 0.15) is 6.54 Å². The van der Waals surface area contributed by atoms with Crippen molar-refractivity contribution in [3.05, 3.63) is 62.8 Å². The standard InChI is InChI=1S/C17H13ClN2OS/c18-13-4-1-3-12-11(13)6-7-20-15(12)9-14(19-10-17(20)21)16-5-2-8-22-16/h1-5,8-9H,6-7,10H2. The number of hydrogen-bond acceptors (Lipinski definition) is 3. The maximum absolute atomic E-state index is 12.4. The van der Waals surface area contributed by atoms with E-state index in [1.165, 1.54) is 0 Å². The molecule has 110 valence electrons. The highest BCUT2D eigenvalue weighted by molar-refractivity contribution is 7.12. The molecule has 0 spiro atoms. The summed E-state index contributed by atoms with van der Waals surface area (Å²) in [5.41, 5.74) is 3.94. The fourth-order valence-corrected chi connectivity index (χ4v) is 3.92. The number of aliphatic imine (C=N–C) groups is 1.